The normalized spacial score (nSPS) is 13.6. The van der Waals surface area contributed by atoms with E-state index >= 15 is 0 Å². The van der Waals surface area contributed by atoms with Gasteiger partial charge in [-0.1, -0.05) is 0 Å². The van der Waals surface area contributed by atoms with Gasteiger partial charge < -0.3 is 10.5 Å². The van der Waals surface area contributed by atoms with Crippen LogP contribution in [0.5, 0.6) is 0 Å². The Hall–Kier alpha value is -0.380. The van der Waals surface area contributed by atoms with E-state index in [1.54, 1.807) is 11.3 Å². The molecule has 0 aliphatic carbocycles. The SMILES string of the molecule is Cc1ccsc1C(CN)OC(C)C. The topological polar surface area (TPSA) is 35.2 Å². The van der Waals surface area contributed by atoms with E-state index in [-0.39, 0.29) is 12.2 Å². The second kappa shape index (κ2) is 4.74. The molecule has 1 heterocycles. The molecule has 1 atom stereocenters. The number of ether oxygens (including phenoxy) is 1. The van der Waals surface area contributed by atoms with Crippen LogP contribution in [0.15, 0.2) is 11.4 Å². The molecule has 74 valence electrons. The lowest BCUT2D eigenvalue weighted by Gasteiger charge is -2.18. The van der Waals surface area contributed by atoms with Crippen molar-refractivity contribution in [2.24, 2.45) is 5.73 Å². The van der Waals surface area contributed by atoms with Crippen molar-refractivity contribution in [3.8, 4) is 0 Å². The van der Waals surface area contributed by atoms with Crippen molar-refractivity contribution < 1.29 is 4.74 Å². The minimum absolute atomic E-state index is 0.0694. The number of thiophene rings is 1. The van der Waals surface area contributed by atoms with Crippen LogP contribution < -0.4 is 5.73 Å². The van der Waals surface area contributed by atoms with Crippen LogP contribution in [-0.2, 0) is 4.74 Å². The smallest absolute Gasteiger partial charge is 0.104 e. The Labute approximate surface area is 83.7 Å². The van der Waals surface area contributed by atoms with Crippen molar-refractivity contribution in [1.29, 1.82) is 0 Å². The van der Waals surface area contributed by atoms with Gasteiger partial charge in [-0.15, -0.1) is 11.3 Å². The van der Waals surface area contributed by atoms with Crippen LogP contribution in [0.4, 0.5) is 0 Å². The second-order valence-corrected chi connectivity index (χ2v) is 4.32. The van der Waals surface area contributed by atoms with Crippen molar-refractivity contribution in [3.05, 3.63) is 21.9 Å². The lowest BCUT2D eigenvalue weighted by atomic mass is 10.2. The molecule has 1 unspecified atom stereocenters. The Morgan fingerprint density at radius 3 is 2.62 bits per heavy atom. The molecule has 13 heavy (non-hydrogen) atoms. The van der Waals surface area contributed by atoms with Gasteiger partial charge in [-0.2, -0.15) is 0 Å². The maximum absolute atomic E-state index is 5.71. The first kappa shape index (κ1) is 10.7. The predicted molar refractivity (Wildman–Crippen MR) is 57.1 cm³/mol. The summed E-state index contributed by atoms with van der Waals surface area (Å²) in [5.41, 5.74) is 6.94. The van der Waals surface area contributed by atoms with Gasteiger partial charge in [0.1, 0.15) is 6.10 Å². The van der Waals surface area contributed by atoms with Crippen LogP contribution in [0.1, 0.15) is 30.4 Å². The van der Waals surface area contributed by atoms with E-state index in [0.717, 1.165) is 0 Å². The molecule has 0 saturated carbocycles. The van der Waals surface area contributed by atoms with Crippen LogP contribution in [0.3, 0.4) is 0 Å². The van der Waals surface area contributed by atoms with E-state index in [9.17, 15) is 0 Å². The summed E-state index contributed by atoms with van der Waals surface area (Å²) in [6.07, 6.45) is 0.301. The molecule has 2 N–H and O–H groups in total. The van der Waals surface area contributed by atoms with Gasteiger partial charge in [-0.25, -0.2) is 0 Å². The molecular weight excluding hydrogens is 182 g/mol. The number of hydrogen-bond donors (Lipinski definition) is 1. The van der Waals surface area contributed by atoms with Gasteiger partial charge in [0.05, 0.1) is 6.10 Å². The van der Waals surface area contributed by atoms with Gasteiger partial charge in [0.25, 0.3) is 0 Å². The van der Waals surface area contributed by atoms with Gasteiger partial charge in [0, 0.05) is 11.4 Å². The maximum atomic E-state index is 5.71. The highest BCUT2D eigenvalue weighted by atomic mass is 32.1. The molecule has 0 radical (unpaired) electrons. The highest BCUT2D eigenvalue weighted by Crippen LogP contribution is 2.26. The maximum Gasteiger partial charge on any atom is 0.104 e. The summed E-state index contributed by atoms with van der Waals surface area (Å²) < 4.78 is 5.71. The number of aryl methyl sites for hydroxylation is 1. The van der Waals surface area contributed by atoms with Gasteiger partial charge in [-0.3, -0.25) is 0 Å². The molecule has 2 nitrogen and oxygen atoms in total. The summed E-state index contributed by atoms with van der Waals surface area (Å²) in [6.45, 7) is 6.72. The molecule has 0 amide bonds. The molecule has 1 rings (SSSR count). The lowest BCUT2D eigenvalue weighted by Crippen LogP contribution is -2.18. The molecule has 0 aromatic carbocycles. The summed E-state index contributed by atoms with van der Waals surface area (Å²) in [5.74, 6) is 0. The van der Waals surface area contributed by atoms with Crippen molar-refractivity contribution in [2.75, 3.05) is 6.54 Å². The predicted octanol–water partition coefficient (Wildman–Crippen LogP) is 2.48. The third-order valence-electron chi connectivity index (χ3n) is 1.84. The van der Waals surface area contributed by atoms with Crippen LogP contribution in [-0.4, -0.2) is 12.6 Å². The molecule has 0 bridgehead atoms. The molecule has 0 fully saturated rings. The van der Waals surface area contributed by atoms with Crippen LogP contribution >= 0.6 is 11.3 Å². The standard InChI is InChI=1S/C10H17NOS/c1-7(2)12-9(6-11)10-8(3)4-5-13-10/h4-5,7,9H,6,11H2,1-3H3. The number of rotatable bonds is 4. The Balaban J connectivity index is 2.72. The fourth-order valence-electron chi connectivity index (χ4n) is 1.27. The van der Waals surface area contributed by atoms with E-state index < -0.39 is 0 Å². The third-order valence-corrected chi connectivity index (χ3v) is 2.96. The summed E-state index contributed by atoms with van der Waals surface area (Å²) >= 11 is 1.72. The van der Waals surface area contributed by atoms with Gasteiger partial charge in [0.2, 0.25) is 0 Å². The molecular formula is C10H17NOS. The molecule has 1 aromatic rings. The van der Waals surface area contributed by atoms with E-state index in [4.69, 9.17) is 10.5 Å². The highest BCUT2D eigenvalue weighted by molar-refractivity contribution is 7.10. The largest absolute Gasteiger partial charge is 0.369 e. The Morgan fingerprint density at radius 2 is 2.23 bits per heavy atom. The van der Waals surface area contributed by atoms with E-state index in [0.29, 0.717) is 6.54 Å². The van der Waals surface area contributed by atoms with Crippen molar-refractivity contribution in [2.45, 2.75) is 33.0 Å². The zero-order valence-corrected chi connectivity index (χ0v) is 9.23. The summed E-state index contributed by atoms with van der Waals surface area (Å²) in [4.78, 5) is 1.26. The average molecular weight is 199 g/mol. The fourth-order valence-corrected chi connectivity index (χ4v) is 2.24. The monoisotopic (exact) mass is 199 g/mol. The van der Waals surface area contributed by atoms with Crippen molar-refractivity contribution in [3.63, 3.8) is 0 Å². The van der Waals surface area contributed by atoms with Gasteiger partial charge >= 0.3 is 0 Å². The van der Waals surface area contributed by atoms with Crippen LogP contribution in [0, 0.1) is 6.92 Å². The number of hydrogen-bond acceptors (Lipinski definition) is 3. The second-order valence-electron chi connectivity index (χ2n) is 3.38. The van der Waals surface area contributed by atoms with Gasteiger partial charge in [-0.05, 0) is 37.8 Å². The van der Waals surface area contributed by atoms with Crippen molar-refractivity contribution >= 4 is 11.3 Å². The minimum Gasteiger partial charge on any atom is -0.369 e. The number of nitrogens with two attached hydrogens (primary N) is 1. The molecule has 0 saturated heterocycles. The molecule has 1 aromatic heterocycles. The molecule has 0 spiro atoms. The quantitative estimate of drug-likeness (QED) is 0.808. The summed E-state index contributed by atoms with van der Waals surface area (Å²) in [6, 6.07) is 2.10. The fraction of sp³-hybridized carbons (Fsp3) is 0.600. The Bertz CT molecular complexity index is 257. The van der Waals surface area contributed by atoms with Crippen molar-refractivity contribution in [1.82, 2.24) is 0 Å². The Kier molecular flexibility index (Phi) is 3.90. The van der Waals surface area contributed by atoms with Crippen LogP contribution in [0.25, 0.3) is 0 Å². The summed E-state index contributed by atoms with van der Waals surface area (Å²) in [5, 5.41) is 2.08. The molecule has 0 aliphatic heterocycles. The lowest BCUT2D eigenvalue weighted by molar-refractivity contribution is 0.0137. The Morgan fingerprint density at radius 1 is 1.54 bits per heavy atom. The average Bonchev–Trinajstić information content (AvgIpc) is 2.47. The third kappa shape index (κ3) is 2.79. The van der Waals surface area contributed by atoms with Crippen LogP contribution in [0.2, 0.25) is 0 Å². The van der Waals surface area contributed by atoms with E-state index in [1.165, 1.54) is 10.4 Å². The van der Waals surface area contributed by atoms with Gasteiger partial charge in [0.15, 0.2) is 0 Å². The first-order valence-corrected chi connectivity index (χ1v) is 5.42. The van der Waals surface area contributed by atoms with E-state index in [1.807, 2.05) is 13.8 Å². The zero-order valence-electron chi connectivity index (χ0n) is 8.41. The first-order chi connectivity index (χ1) is 6.15. The zero-order chi connectivity index (χ0) is 9.84. The minimum atomic E-state index is 0.0694. The molecule has 3 heteroatoms. The highest BCUT2D eigenvalue weighted by Gasteiger charge is 2.15. The molecule has 0 aliphatic rings. The van der Waals surface area contributed by atoms with E-state index in [2.05, 4.69) is 18.4 Å². The first-order valence-electron chi connectivity index (χ1n) is 4.54. The summed E-state index contributed by atoms with van der Waals surface area (Å²) in [7, 11) is 0.